The van der Waals surface area contributed by atoms with Gasteiger partial charge in [-0.1, -0.05) is 12.1 Å². The van der Waals surface area contributed by atoms with Crippen molar-refractivity contribution in [3.05, 3.63) is 69.9 Å². The number of aliphatic hydroxyl groups is 1. The van der Waals surface area contributed by atoms with Gasteiger partial charge in [-0.05, 0) is 50.6 Å². The number of aliphatic imine (C=N–C) groups is 1. The quantitative estimate of drug-likeness (QED) is 0.793. The van der Waals surface area contributed by atoms with E-state index in [1.807, 2.05) is 0 Å². The van der Waals surface area contributed by atoms with E-state index in [1.165, 1.54) is 23.7 Å². The number of halogens is 3. The zero-order chi connectivity index (χ0) is 21.5. The third kappa shape index (κ3) is 3.57. The summed E-state index contributed by atoms with van der Waals surface area (Å²) in [5.41, 5.74) is 1.66. The molecule has 0 saturated carbocycles. The SMILES string of the molecule is CNC(=O)C1=C(O)/C(=C\c2cc(C)n(-c3ccccc3C(F)(F)F)c2C)N=C1C. The lowest BCUT2D eigenvalue weighted by molar-refractivity contribution is -0.137. The van der Waals surface area contributed by atoms with Gasteiger partial charge >= 0.3 is 6.18 Å². The molecular weight excluding hydrogens is 383 g/mol. The van der Waals surface area contributed by atoms with Crippen molar-refractivity contribution in [3.63, 3.8) is 0 Å². The summed E-state index contributed by atoms with van der Waals surface area (Å²) in [6.07, 6.45) is -2.93. The van der Waals surface area contributed by atoms with Crippen molar-refractivity contribution in [1.82, 2.24) is 9.88 Å². The van der Waals surface area contributed by atoms with Gasteiger partial charge in [-0.15, -0.1) is 0 Å². The van der Waals surface area contributed by atoms with Crippen molar-refractivity contribution in [3.8, 4) is 5.69 Å². The van der Waals surface area contributed by atoms with E-state index in [0.717, 1.165) is 6.07 Å². The highest BCUT2D eigenvalue weighted by molar-refractivity contribution is 6.23. The average molecular weight is 403 g/mol. The van der Waals surface area contributed by atoms with Crippen LogP contribution in [0.25, 0.3) is 11.8 Å². The highest BCUT2D eigenvalue weighted by Gasteiger charge is 2.34. The summed E-state index contributed by atoms with van der Waals surface area (Å²) in [4.78, 5) is 16.2. The number of benzene rings is 1. The molecule has 0 radical (unpaired) electrons. The minimum absolute atomic E-state index is 0.0246. The van der Waals surface area contributed by atoms with E-state index in [0.29, 0.717) is 22.7 Å². The molecule has 1 amide bonds. The number of carbonyl (C=O) groups excluding carboxylic acids is 1. The Morgan fingerprint density at radius 2 is 1.86 bits per heavy atom. The van der Waals surface area contributed by atoms with Gasteiger partial charge < -0.3 is 15.0 Å². The molecule has 0 aliphatic carbocycles. The maximum atomic E-state index is 13.5. The molecule has 152 valence electrons. The molecule has 1 aliphatic rings. The van der Waals surface area contributed by atoms with Gasteiger partial charge in [0.05, 0.1) is 17.0 Å². The van der Waals surface area contributed by atoms with Crippen LogP contribution >= 0.6 is 0 Å². The van der Waals surface area contributed by atoms with Crippen LogP contribution in [0.5, 0.6) is 0 Å². The monoisotopic (exact) mass is 403 g/mol. The van der Waals surface area contributed by atoms with Crippen molar-refractivity contribution in [1.29, 1.82) is 0 Å². The summed E-state index contributed by atoms with van der Waals surface area (Å²) in [6.45, 7) is 5.00. The van der Waals surface area contributed by atoms with Crippen molar-refractivity contribution < 1.29 is 23.1 Å². The van der Waals surface area contributed by atoms with E-state index in [4.69, 9.17) is 0 Å². The molecule has 0 bridgehead atoms. The van der Waals surface area contributed by atoms with Gasteiger partial charge in [-0.25, -0.2) is 4.99 Å². The minimum atomic E-state index is -4.49. The Kier molecular flexibility index (Phi) is 5.13. The lowest BCUT2D eigenvalue weighted by Gasteiger charge is -2.16. The Balaban J connectivity index is 2.13. The number of nitrogens with zero attached hydrogens (tertiary/aromatic N) is 2. The second-order valence-electron chi connectivity index (χ2n) is 6.71. The molecule has 5 nitrogen and oxygen atoms in total. The largest absolute Gasteiger partial charge is 0.505 e. The highest BCUT2D eigenvalue weighted by atomic mass is 19.4. The summed E-state index contributed by atoms with van der Waals surface area (Å²) < 4.78 is 41.9. The van der Waals surface area contributed by atoms with Gasteiger partial charge in [0.1, 0.15) is 11.3 Å². The maximum Gasteiger partial charge on any atom is 0.418 e. The smallest absolute Gasteiger partial charge is 0.418 e. The molecule has 0 unspecified atom stereocenters. The molecule has 0 spiro atoms. The van der Waals surface area contributed by atoms with Crippen LogP contribution in [0.3, 0.4) is 0 Å². The first-order valence-electron chi connectivity index (χ1n) is 8.84. The number of aryl methyl sites for hydroxylation is 1. The van der Waals surface area contributed by atoms with Crippen molar-refractivity contribution in [2.24, 2.45) is 4.99 Å². The van der Waals surface area contributed by atoms with Crippen LogP contribution in [0, 0.1) is 13.8 Å². The molecule has 0 fully saturated rings. The first-order chi connectivity index (χ1) is 13.6. The molecule has 8 heteroatoms. The summed E-state index contributed by atoms with van der Waals surface area (Å²) in [7, 11) is 1.45. The number of rotatable bonds is 3. The molecular formula is C21H20F3N3O2. The summed E-state index contributed by atoms with van der Waals surface area (Å²) in [5, 5.41) is 12.8. The minimum Gasteiger partial charge on any atom is -0.505 e. The molecule has 1 aliphatic heterocycles. The fraction of sp³-hybridized carbons (Fsp3) is 0.238. The van der Waals surface area contributed by atoms with E-state index < -0.39 is 17.6 Å². The second kappa shape index (κ2) is 7.27. The third-order valence-electron chi connectivity index (χ3n) is 4.80. The van der Waals surface area contributed by atoms with E-state index in [2.05, 4.69) is 10.3 Å². The summed E-state index contributed by atoms with van der Waals surface area (Å²) >= 11 is 0. The van der Waals surface area contributed by atoms with Crippen molar-refractivity contribution in [2.45, 2.75) is 26.9 Å². The second-order valence-corrected chi connectivity index (χ2v) is 6.71. The third-order valence-corrected chi connectivity index (χ3v) is 4.80. The van der Waals surface area contributed by atoms with Gasteiger partial charge in [-0.2, -0.15) is 13.2 Å². The Labute approximate surface area is 165 Å². The summed E-state index contributed by atoms with van der Waals surface area (Å²) in [6, 6.07) is 7.07. The first-order valence-corrected chi connectivity index (χ1v) is 8.84. The molecule has 2 heterocycles. The van der Waals surface area contributed by atoms with E-state index in [1.54, 1.807) is 39.0 Å². The van der Waals surface area contributed by atoms with Crippen LogP contribution in [0.1, 0.15) is 29.4 Å². The Morgan fingerprint density at radius 3 is 2.48 bits per heavy atom. The number of aromatic nitrogens is 1. The number of nitrogens with one attached hydrogen (secondary N) is 1. The molecule has 0 atom stereocenters. The van der Waals surface area contributed by atoms with Gasteiger partial charge in [0.2, 0.25) is 0 Å². The molecule has 2 aromatic rings. The molecule has 0 saturated heterocycles. The zero-order valence-corrected chi connectivity index (χ0v) is 16.3. The number of amides is 1. The van der Waals surface area contributed by atoms with Crippen LogP contribution in [0.2, 0.25) is 0 Å². The van der Waals surface area contributed by atoms with Gasteiger partial charge in [0, 0.05) is 18.4 Å². The van der Waals surface area contributed by atoms with Crippen LogP contribution in [0.15, 0.2) is 52.4 Å². The fourth-order valence-electron chi connectivity index (χ4n) is 3.45. The van der Waals surface area contributed by atoms with Crippen LogP contribution in [0.4, 0.5) is 13.2 Å². The first kappa shape index (κ1) is 20.4. The molecule has 3 rings (SSSR count). The van der Waals surface area contributed by atoms with Gasteiger partial charge in [0.25, 0.3) is 5.91 Å². The average Bonchev–Trinajstić information content (AvgIpc) is 3.09. The zero-order valence-electron chi connectivity index (χ0n) is 16.3. The normalized spacial score (nSPS) is 15.8. The van der Waals surface area contributed by atoms with Crippen LogP contribution in [-0.2, 0) is 11.0 Å². The van der Waals surface area contributed by atoms with Gasteiger partial charge in [-0.3, -0.25) is 4.79 Å². The number of hydrogen-bond donors (Lipinski definition) is 2. The van der Waals surface area contributed by atoms with E-state index >= 15 is 0 Å². The number of likely N-dealkylation sites (N-methyl/N-ethyl adjacent to an activating group) is 1. The number of aliphatic hydroxyl groups excluding tert-OH is 1. The van der Waals surface area contributed by atoms with Crippen LogP contribution < -0.4 is 5.32 Å². The van der Waals surface area contributed by atoms with E-state index in [9.17, 15) is 23.1 Å². The standard InChI is InChI=1S/C21H20F3N3O2/c1-11-9-14(10-16-19(28)18(12(2)26-16)20(29)25-4)13(3)27(11)17-8-6-5-7-15(17)21(22,23)24/h5-10,28H,1-4H3,(H,25,29)/b16-10+. The Bertz CT molecular complexity index is 1090. The predicted octanol–water partition coefficient (Wildman–Crippen LogP) is 4.49. The van der Waals surface area contributed by atoms with Crippen molar-refractivity contribution in [2.75, 3.05) is 7.05 Å². The van der Waals surface area contributed by atoms with E-state index in [-0.39, 0.29) is 22.7 Å². The summed E-state index contributed by atoms with van der Waals surface area (Å²) in [5.74, 6) is -0.723. The van der Waals surface area contributed by atoms with Crippen LogP contribution in [-0.4, -0.2) is 28.3 Å². The lowest BCUT2D eigenvalue weighted by Crippen LogP contribution is -2.23. The number of para-hydroxylation sites is 1. The maximum absolute atomic E-state index is 13.5. The number of carbonyl (C=O) groups is 1. The topological polar surface area (TPSA) is 66.6 Å². The molecule has 2 N–H and O–H groups in total. The lowest BCUT2D eigenvalue weighted by atomic mass is 10.1. The number of alkyl halides is 3. The van der Waals surface area contributed by atoms with Crippen molar-refractivity contribution >= 4 is 17.7 Å². The fourth-order valence-corrected chi connectivity index (χ4v) is 3.45. The van der Waals surface area contributed by atoms with Gasteiger partial charge in [0.15, 0.2) is 5.76 Å². The molecule has 1 aromatic carbocycles. The predicted molar refractivity (Wildman–Crippen MR) is 105 cm³/mol. The molecule has 1 aromatic heterocycles. The highest BCUT2D eigenvalue weighted by Crippen LogP contribution is 2.36. The Hall–Kier alpha value is -3.29. The Morgan fingerprint density at radius 1 is 1.21 bits per heavy atom. The molecule has 29 heavy (non-hydrogen) atoms. The number of hydrogen-bond acceptors (Lipinski definition) is 3.